The first-order valence-corrected chi connectivity index (χ1v) is 5.96. The molecule has 0 fully saturated rings. The second-order valence-corrected chi connectivity index (χ2v) is 4.47. The molecular weight excluding hydrogens is 250 g/mol. The van der Waals surface area contributed by atoms with Crippen molar-refractivity contribution < 1.29 is 4.74 Å². The fraction of sp³-hybridized carbons (Fsp3) is 0.0909. The lowest BCUT2D eigenvalue weighted by atomic mass is 10.3. The summed E-state index contributed by atoms with van der Waals surface area (Å²) in [6, 6.07) is 9.39. The maximum atomic E-state index is 5.59. The van der Waals surface area contributed by atoms with Crippen molar-refractivity contribution in [1.29, 1.82) is 0 Å². The second-order valence-electron chi connectivity index (χ2n) is 3.38. The quantitative estimate of drug-likeness (QED) is 0.436. The Morgan fingerprint density at radius 1 is 1.28 bits per heavy atom. The van der Waals surface area contributed by atoms with Gasteiger partial charge in [0.15, 0.2) is 0 Å². The van der Waals surface area contributed by atoms with Crippen LogP contribution in [0.15, 0.2) is 40.3 Å². The molecule has 2 aromatic rings. The molecule has 5 N–H and O–H groups in total. The molecule has 0 saturated carbocycles. The number of methoxy groups -OCH3 is 1. The molecule has 0 radical (unpaired) electrons. The lowest BCUT2D eigenvalue weighted by Gasteiger charge is -2.06. The third-order valence-electron chi connectivity index (χ3n) is 2.13. The third kappa shape index (κ3) is 3.02. The van der Waals surface area contributed by atoms with Crippen LogP contribution >= 0.6 is 11.8 Å². The molecule has 0 unspecified atom stereocenters. The first-order valence-electron chi connectivity index (χ1n) is 5.14. The summed E-state index contributed by atoms with van der Waals surface area (Å²) in [5.74, 6) is 6.75. The summed E-state index contributed by atoms with van der Waals surface area (Å²) in [5.41, 5.74) is 8.04. The average Bonchev–Trinajstić information content (AvgIpc) is 2.38. The molecule has 0 aliphatic heterocycles. The Labute approximate surface area is 109 Å². The minimum atomic E-state index is 0.177. The number of nitrogen functional groups attached to an aromatic ring is 2. The number of ether oxygens (including phenoxy) is 1. The molecule has 0 aliphatic rings. The molecule has 0 bridgehead atoms. The highest BCUT2D eigenvalue weighted by Crippen LogP contribution is 2.29. The summed E-state index contributed by atoms with van der Waals surface area (Å²) in [4.78, 5) is 9.04. The normalized spacial score (nSPS) is 10.1. The molecule has 2 rings (SSSR count). The number of hydrogen-bond donors (Lipinski definition) is 3. The van der Waals surface area contributed by atoms with Gasteiger partial charge >= 0.3 is 0 Å². The minimum Gasteiger partial charge on any atom is -0.497 e. The molecular formula is C11H13N5OS. The largest absolute Gasteiger partial charge is 0.497 e. The van der Waals surface area contributed by atoms with Crippen LogP contribution in [0.3, 0.4) is 0 Å². The van der Waals surface area contributed by atoms with Crippen molar-refractivity contribution in [3.05, 3.63) is 30.3 Å². The van der Waals surface area contributed by atoms with Crippen molar-refractivity contribution in [3.63, 3.8) is 0 Å². The van der Waals surface area contributed by atoms with Gasteiger partial charge in [0.05, 0.1) is 7.11 Å². The van der Waals surface area contributed by atoms with Crippen LogP contribution in [0.25, 0.3) is 0 Å². The van der Waals surface area contributed by atoms with Crippen LogP contribution in [-0.4, -0.2) is 17.1 Å². The van der Waals surface area contributed by atoms with Crippen molar-refractivity contribution in [3.8, 4) is 5.75 Å². The molecule has 1 aromatic heterocycles. The maximum absolute atomic E-state index is 5.59. The Balaban J connectivity index is 2.24. The monoisotopic (exact) mass is 263 g/mol. The van der Waals surface area contributed by atoms with Crippen LogP contribution in [0.4, 0.5) is 11.8 Å². The number of nitrogens with one attached hydrogen (secondary N) is 1. The summed E-state index contributed by atoms with van der Waals surface area (Å²) in [6.45, 7) is 0. The van der Waals surface area contributed by atoms with Crippen molar-refractivity contribution in [1.82, 2.24) is 9.97 Å². The number of nitrogens with two attached hydrogens (primary N) is 2. The topological polar surface area (TPSA) is 99.1 Å². The number of hydrogen-bond acceptors (Lipinski definition) is 7. The number of nitrogens with zero attached hydrogens (tertiary/aromatic N) is 2. The van der Waals surface area contributed by atoms with Gasteiger partial charge < -0.3 is 15.9 Å². The highest BCUT2D eigenvalue weighted by atomic mass is 32.2. The molecule has 0 atom stereocenters. The van der Waals surface area contributed by atoms with Gasteiger partial charge in [-0.3, -0.25) is 0 Å². The molecule has 18 heavy (non-hydrogen) atoms. The van der Waals surface area contributed by atoms with Crippen LogP contribution in [0.2, 0.25) is 0 Å². The van der Waals surface area contributed by atoms with Crippen molar-refractivity contribution in [2.24, 2.45) is 5.84 Å². The van der Waals surface area contributed by atoms with Gasteiger partial charge in [-0.15, -0.1) is 0 Å². The lowest BCUT2D eigenvalue weighted by molar-refractivity contribution is 0.413. The average molecular weight is 263 g/mol. The predicted octanol–water partition coefficient (Wildman–Crippen LogP) is 1.50. The van der Waals surface area contributed by atoms with Crippen LogP contribution in [0.5, 0.6) is 5.75 Å². The molecule has 0 saturated heterocycles. The zero-order valence-electron chi connectivity index (χ0n) is 9.75. The van der Waals surface area contributed by atoms with Gasteiger partial charge in [0.25, 0.3) is 0 Å². The fourth-order valence-corrected chi connectivity index (χ4v) is 2.23. The molecule has 94 valence electrons. The molecule has 0 spiro atoms. The minimum absolute atomic E-state index is 0.177. The van der Waals surface area contributed by atoms with E-state index in [0.29, 0.717) is 10.8 Å². The van der Waals surface area contributed by atoms with Crippen LogP contribution in [-0.2, 0) is 0 Å². The zero-order chi connectivity index (χ0) is 13.0. The van der Waals surface area contributed by atoms with Crippen molar-refractivity contribution >= 4 is 23.5 Å². The predicted molar refractivity (Wildman–Crippen MR) is 71.4 cm³/mol. The standard InChI is InChI=1S/C11H13N5OS/c1-17-7-3-2-4-8(5-7)18-10-6-9(16-13)14-11(12)15-10/h2-6H,13H2,1H3,(H3,12,14,15,16). The first kappa shape index (κ1) is 12.5. The summed E-state index contributed by atoms with van der Waals surface area (Å²) in [7, 11) is 1.63. The van der Waals surface area contributed by atoms with Gasteiger partial charge in [0.1, 0.15) is 16.6 Å². The van der Waals surface area contributed by atoms with Crippen LogP contribution in [0.1, 0.15) is 0 Å². The Bertz CT molecular complexity index is 549. The highest BCUT2D eigenvalue weighted by molar-refractivity contribution is 7.99. The van der Waals surface area contributed by atoms with E-state index in [1.165, 1.54) is 11.8 Å². The fourth-order valence-electron chi connectivity index (χ4n) is 1.35. The third-order valence-corrected chi connectivity index (χ3v) is 3.04. The van der Waals surface area contributed by atoms with E-state index in [9.17, 15) is 0 Å². The Kier molecular flexibility index (Phi) is 3.85. The van der Waals surface area contributed by atoms with Crippen LogP contribution in [0, 0.1) is 0 Å². The van der Waals surface area contributed by atoms with E-state index in [1.807, 2.05) is 24.3 Å². The molecule has 1 heterocycles. The SMILES string of the molecule is COc1cccc(Sc2cc(NN)nc(N)n2)c1. The van der Waals surface area contributed by atoms with Gasteiger partial charge in [0.2, 0.25) is 5.95 Å². The molecule has 7 heteroatoms. The summed E-state index contributed by atoms with van der Waals surface area (Å²) in [5, 5.41) is 0.712. The molecule has 0 aliphatic carbocycles. The first-order chi connectivity index (χ1) is 8.71. The number of anilines is 2. The lowest BCUT2D eigenvalue weighted by Crippen LogP contribution is -2.10. The Morgan fingerprint density at radius 2 is 2.11 bits per heavy atom. The Hall–Kier alpha value is -1.99. The van der Waals surface area contributed by atoms with E-state index in [-0.39, 0.29) is 5.95 Å². The smallest absolute Gasteiger partial charge is 0.223 e. The van der Waals surface area contributed by atoms with E-state index in [0.717, 1.165) is 10.6 Å². The van der Waals surface area contributed by atoms with E-state index >= 15 is 0 Å². The highest BCUT2D eigenvalue weighted by Gasteiger charge is 2.04. The summed E-state index contributed by atoms with van der Waals surface area (Å²) >= 11 is 1.45. The van der Waals surface area contributed by atoms with Gasteiger partial charge in [-0.1, -0.05) is 17.8 Å². The van der Waals surface area contributed by atoms with Crippen molar-refractivity contribution in [2.75, 3.05) is 18.3 Å². The van der Waals surface area contributed by atoms with Gasteiger partial charge in [-0.25, -0.2) is 10.8 Å². The van der Waals surface area contributed by atoms with Gasteiger partial charge in [-0.05, 0) is 18.2 Å². The summed E-state index contributed by atoms with van der Waals surface area (Å²) < 4.78 is 5.16. The molecule has 0 amide bonds. The van der Waals surface area contributed by atoms with Crippen LogP contribution < -0.4 is 21.7 Å². The number of hydrazine groups is 1. The maximum Gasteiger partial charge on any atom is 0.223 e. The number of benzene rings is 1. The second kappa shape index (κ2) is 5.56. The van der Waals surface area contributed by atoms with E-state index in [2.05, 4.69) is 15.4 Å². The van der Waals surface area contributed by atoms with Crippen molar-refractivity contribution in [2.45, 2.75) is 9.92 Å². The van der Waals surface area contributed by atoms with Gasteiger partial charge in [0, 0.05) is 11.0 Å². The Morgan fingerprint density at radius 3 is 2.83 bits per heavy atom. The molecule has 6 nitrogen and oxygen atoms in total. The zero-order valence-corrected chi connectivity index (χ0v) is 10.6. The van der Waals surface area contributed by atoms with Gasteiger partial charge in [-0.2, -0.15) is 4.98 Å². The number of rotatable bonds is 4. The summed E-state index contributed by atoms with van der Waals surface area (Å²) in [6.07, 6.45) is 0. The van der Waals surface area contributed by atoms with E-state index in [1.54, 1.807) is 13.2 Å². The number of aromatic nitrogens is 2. The van der Waals surface area contributed by atoms with E-state index < -0.39 is 0 Å². The van der Waals surface area contributed by atoms with E-state index in [4.69, 9.17) is 16.3 Å². The molecule has 1 aromatic carbocycles.